The zero-order valence-electron chi connectivity index (χ0n) is 17.5. The molecule has 2 aromatic heterocycles. The smallest absolute Gasteiger partial charge is 0.217 e. The first-order chi connectivity index (χ1) is 14.4. The summed E-state index contributed by atoms with van der Waals surface area (Å²) < 4.78 is 37.2. The molecule has 2 aliphatic rings. The zero-order valence-corrected chi connectivity index (χ0v) is 19.1. The van der Waals surface area contributed by atoms with Crippen LogP contribution in [0.15, 0.2) is 18.2 Å². The molecule has 0 saturated carbocycles. The van der Waals surface area contributed by atoms with Crippen molar-refractivity contribution in [2.24, 2.45) is 19.8 Å². The van der Waals surface area contributed by atoms with Crippen molar-refractivity contribution in [3.63, 3.8) is 0 Å². The zero-order chi connectivity index (χ0) is 21.0. The van der Waals surface area contributed by atoms with E-state index in [1.54, 1.807) is 11.7 Å². The second kappa shape index (κ2) is 9.36. The van der Waals surface area contributed by atoms with Crippen molar-refractivity contribution in [1.82, 2.24) is 34.7 Å². The van der Waals surface area contributed by atoms with Crippen LogP contribution >= 0.6 is 24.8 Å². The number of halogens is 4. The standard InChI is InChI=1S/C19H22F2N8O.2ClH/c1-27-16-8-29(7-15(16)23-18(27)19-24-25-26-28(19)2)11-6-14(22)17(30-9-11)12-5-10(20)3-4-13(12)21;;/h3-5,11,14,17H,6-9,22H2,1-2H3;2*1H/t11-,14+,17-;;/m1../s1. The highest BCUT2D eigenvalue weighted by Crippen LogP contribution is 2.35. The molecule has 2 aliphatic heterocycles. The van der Waals surface area contributed by atoms with Gasteiger partial charge in [-0.3, -0.25) is 4.90 Å². The summed E-state index contributed by atoms with van der Waals surface area (Å²) >= 11 is 0. The molecule has 13 heteroatoms. The molecular weight excluding hydrogens is 465 g/mol. The fraction of sp³-hybridized carbons (Fsp3) is 0.474. The lowest BCUT2D eigenvalue weighted by Crippen LogP contribution is -2.47. The number of ether oxygens (including phenoxy) is 1. The molecule has 5 rings (SSSR count). The third kappa shape index (κ3) is 4.11. The number of benzene rings is 1. The van der Waals surface area contributed by atoms with Crippen molar-refractivity contribution in [3.05, 3.63) is 46.8 Å². The van der Waals surface area contributed by atoms with Gasteiger partial charge >= 0.3 is 0 Å². The van der Waals surface area contributed by atoms with Gasteiger partial charge in [-0.15, -0.1) is 29.9 Å². The Labute approximate surface area is 195 Å². The number of aromatic nitrogens is 6. The van der Waals surface area contributed by atoms with Crippen LogP contribution in [0.2, 0.25) is 0 Å². The van der Waals surface area contributed by atoms with Crippen LogP contribution in [0.5, 0.6) is 0 Å². The summed E-state index contributed by atoms with van der Waals surface area (Å²) in [4.78, 5) is 6.99. The molecule has 0 unspecified atom stereocenters. The Morgan fingerprint density at radius 2 is 1.91 bits per heavy atom. The maximum absolute atomic E-state index is 14.2. The maximum Gasteiger partial charge on any atom is 0.217 e. The van der Waals surface area contributed by atoms with E-state index in [4.69, 9.17) is 15.5 Å². The summed E-state index contributed by atoms with van der Waals surface area (Å²) in [6.45, 7) is 1.75. The summed E-state index contributed by atoms with van der Waals surface area (Å²) in [6.07, 6.45) is -0.0376. The van der Waals surface area contributed by atoms with Gasteiger partial charge in [-0.25, -0.2) is 18.4 Å². The minimum atomic E-state index is -0.657. The molecule has 3 atom stereocenters. The molecule has 0 radical (unpaired) electrons. The maximum atomic E-state index is 14.2. The largest absolute Gasteiger partial charge is 0.370 e. The number of fused-ring (bicyclic) bond motifs is 1. The fourth-order valence-corrected chi connectivity index (χ4v) is 4.38. The van der Waals surface area contributed by atoms with Crippen molar-refractivity contribution in [3.8, 4) is 11.6 Å². The molecule has 1 fully saturated rings. The number of nitrogens with two attached hydrogens (primary N) is 1. The third-order valence-corrected chi connectivity index (χ3v) is 6.00. The number of hydrogen-bond acceptors (Lipinski definition) is 7. The highest BCUT2D eigenvalue weighted by Gasteiger charge is 2.38. The van der Waals surface area contributed by atoms with E-state index in [1.807, 2.05) is 11.6 Å². The monoisotopic (exact) mass is 488 g/mol. The van der Waals surface area contributed by atoms with Gasteiger partial charge in [-0.1, -0.05) is 0 Å². The molecule has 32 heavy (non-hydrogen) atoms. The number of rotatable bonds is 3. The van der Waals surface area contributed by atoms with Gasteiger partial charge in [0.25, 0.3) is 0 Å². The van der Waals surface area contributed by atoms with Crippen LogP contribution in [0.4, 0.5) is 8.78 Å². The summed E-state index contributed by atoms with van der Waals surface area (Å²) in [5.41, 5.74) is 8.56. The van der Waals surface area contributed by atoms with Gasteiger partial charge in [0, 0.05) is 44.8 Å². The molecular formula is C19H24Cl2F2N8O. The molecule has 1 aromatic carbocycles. The van der Waals surface area contributed by atoms with Crippen LogP contribution in [-0.4, -0.2) is 53.3 Å². The minimum absolute atomic E-state index is 0. The van der Waals surface area contributed by atoms with Crippen LogP contribution in [-0.2, 0) is 31.9 Å². The fourth-order valence-electron chi connectivity index (χ4n) is 4.38. The van der Waals surface area contributed by atoms with E-state index < -0.39 is 23.8 Å². The van der Waals surface area contributed by atoms with Gasteiger partial charge in [0.1, 0.15) is 17.7 Å². The number of hydrogen-bond donors (Lipinski definition) is 1. The van der Waals surface area contributed by atoms with Gasteiger partial charge in [-0.2, -0.15) is 0 Å². The first-order valence-electron chi connectivity index (χ1n) is 9.75. The second-order valence-corrected chi connectivity index (χ2v) is 7.89. The molecule has 3 aromatic rings. The number of tetrazole rings is 1. The Bertz CT molecular complexity index is 1110. The number of nitrogens with zero attached hydrogens (tertiary/aromatic N) is 7. The molecule has 174 valence electrons. The van der Waals surface area contributed by atoms with Crippen LogP contribution in [0.25, 0.3) is 11.6 Å². The van der Waals surface area contributed by atoms with Crippen molar-refractivity contribution in [2.45, 2.75) is 37.7 Å². The Hall–Kier alpha value is -2.18. The summed E-state index contributed by atoms with van der Waals surface area (Å²) in [6, 6.07) is 3.01. The van der Waals surface area contributed by atoms with Crippen molar-refractivity contribution < 1.29 is 13.5 Å². The van der Waals surface area contributed by atoms with Gasteiger partial charge in [0.2, 0.25) is 5.82 Å². The van der Waals surface area contributed by atoms with Crippen molar-refractivity contribution >= 4 is 24.8 Å². The van der Waals surface area contributed by atoms with E-state index in [1.165, 1.54) is 6.07 Å². The molecule has 0 aliphatic carbocycles. The van der Waals surface area contributed by atoms with E-state index in [-0.39, 0.29) is 36.4 Å². The Balaban J connectivity index is 0.00000144. The molecule has 2 N–H and O–H groups in total. The number of imidazole rings is 1. The quantitative estimate of drug-likeness (QED) is 0.600. The van der Waals surface area contributed by atoms with Gasteiger partial charge < -0.3 is 15.0 Å². The van der Waals surface area contributed by atoms with E-state index in [0.29, 0.717) is 31.9 Å². The van der Waals surface area contributed by atoms with Gasteiger partial charge in [-0.05, 0) is 35.0 Å². The van der Waals surface area contributed by atoms with E-state index >= 15 is 0 Å². The SMILES string of the molecule is Cl.Cl.Cn1nnnc1-c1nc2c(n1C)CN([C@H]1CO[C@H](c3cc(F)ccc3F)[C@@H](N)C1)C2. The van der Waals surface area contributed by atoms with E-state index in [2.05, 4.69) is 20.4 Å². The lowest BCUT2D eigenvalue weighted by molar-refractivity contribution is -0.0534. The van der Waals surface area contributed by atoms with Crippen LogP contribution < -0.4 is 5.73 Å². The van der Waals surface area contributed by atoms with E-state index in [0.717, 1.165) is 29.3 Å². The second-order valence-electron chi connectivity index (χ2n) is 7.89. The van der Waals surface area contributed by atoms with Crippen LogP contribution in [0.3, 0.4) is 0 Å². The van der Waals surface area contributed by atoms with Crippen LogP contribution in [0, 0.1) is 11.6 Å². The molecule has 4 heterocycles. The Morgan fingerprint density at radius 3 is 2.56 bits per heavy atom. The van der Waals surface area contributed by atoms with Gasteiger partial charge in [0.05, 0.1) is 18.0 Å². The first kappa shape index (κ1) is 24.5. The Morgan fingerprint density at radius 1 is 1.12 bits per heavy atom. The highest BCUT2D eigenvalue weighted by atomic mass is 35.5. The predicted octanol–water partition coefficient (Wildman–Crippen LogP) is 1.91. The highest BCUT2D eigenvalue weighted by molar-refractivity contribution is 5.85. The molecule has 1 saturated heterocycles. The minimum Gasteiger partial charge on any atom is -0.370 e. The lowest BCUT2D eigenvalue weighted by Gasteiger charge is -2.38. The molecule has 0 spiro atoms. The van der Waals surface area contributed by atoms with Crippen LogP contribution in [0.1, 0.15) is 29.5 Å². The van der Waals surface area contributed by atoms with Crippen molar-refractivity contribution in [2.75, 3.05) is 6.61 Å². The third-order valence-electron chi connectivity index (χ3n) is 6.00. The number of aryl methyl sites for hydroxylation is 1. The molecule has 0 bridgehead atoms. The Kier molecular flexibility index (Phi) is 7.15. The predicted molar refractivity (Wildman–Crippen MR) is 116 cm³/mol. The normalized spacial score (nSPS) is 22.8. The summed E-state index contributed by atoms with van der Waals surface area (Å²) in [5, 5.41) is 11.6. The van der Waals surface area contributed by atoms with Crippen molar-refractivity contribution in [1.29, 1.82) is 0 Å². The summed E-state index contributed by atoms with van der Waals surface area (Å²) in [5.74, 6) is 0.338. The van der Waals surface area contributed by atoms with E-state index in [9.17, 15) is 8.78 Å². The topological polar surface area (TPSA) is 99.9 Å². The molecule has 9 nitrogen and oxygen atoms in total. The lowest BCUT2D eigenvalue weighted by atomic mass is 9.93. The average Bonchev–Trinajstić information content (AvgIpc) is 3.40. The van der Waals surface area contributed by atoms with Gasteiger partial charge in [0.15, 0.2) is 5.82 Å². The summed E-state index contributed by atoms with van der Waals surface area (Å²) in [7, 11) is 3.73. The first-order valence-corrected chi connectivity index (χ1v) is 9.75. The average molecular weight is 489 g/mol. The molecule has 0 amide bonds.